The van der Waals surface area contributed by atoms with Gasteiger partial charge in [0, 0.05) is 13.0 Å². The van der Waals surface area contributed by atoms with Crippen LogP contribution < -0.4 is 10.6 Å². The number of imide groups is 2. The van der Waals surface area contributed by atoms with Gasteiger partial charge in [-0.3, -0.25) is 29.4 Å². The number of hydrogen-bond donors (Lipinski definition) is 2. The lowest BCUT2D eigenvalue weighted by molar-refractivity contribution is -0.136. The lowest BCUT2D eigenvalue weighted by Crippen LogP contribution is -2.54. The Balaban J connectivity index is 1.71. The van der Waals surface area contributed by atoms with Crippen molar-refractivity contribution in [2.75, 3.05) is 6.54 Å². The number of rotatable bonds is 1. The second-order valence-corrected chi connectivity index (χ2v) is 6.39. The van der Waals surface area contributed by atoms with Crippen LogP contribution in [0.4, 0.5) is 0 Å². The van der Waals surface area contributed by atoms with E-state index in [4.69, 9.17) is 0 Å². The molecule has 7 heteroatoms. The van der Waals surface area contributed by atoms with Crippen molar-refractivity contribution in [2.24, 2.45) is 0 Å². The number of hydrogen-bond acceptors (Lipinski definition) is 5. The summed E-state index contributed by atoms with van der Waals surface area (Å²) in [6.45, 7) is 1.58. The molecule has 0 saturated carbocycles. The van der Waals surface area contributed by atoms with Crippen molar-refractivity contribution in [3.63, 3.8) is 0 Å². The molecule has 3 aliphatic rings. The fourth-order valence-corrected chi connectivity index (χ4v) is 3.63. The molecule has 24 heavy (non-hydrogen) atoms. The summed E-state index contributed by atoms with van der Waals surface area (Å²) in [6.07, 6.45) is 2.14. The predicted octanol–water partition coefficient (Wildman–Crippen LogP) is 0.124. The van der Waals surface area contributed by atoms with E-state index in [1.807, 2.05) is 0 Å². The lowest BCUT2D eigenvalue weighted by atomic mass is 9.97. The first-order valence-electron chi connectivity index (χ1n) is 8.14. The topological polar surface area (TPSA) is 95.6 Å². The number of aryl methyl sites for hydroxylation is 1. The van der Waals surface area contributed by atoms with Gasteiger partial charge in [0.05, 0.1) is 11.1 Å². The minimum Gasteiger partial charge on any atom is -0.313 e. The van der Waals surface area contributed by atoms with Crippen LogP contribution in [0, 0.1) is 0 Å². The van der Waals surface area contributed by atoms with E-state index in [0.29, 0.717) is 17.7 Å². The maximum Gasteiger partial charge on any atom is 0.262 e. The molecular formula is C17H17N3O4. The highest BCUT2D eigenvalue weighted by Crippen LogP contribution is 2.30. The number of piperidine rings is 1. The van der Waals surface area contributed by atoms with Crippen LogP contribution in [0.25, 0.3) is 0 Å². The molecule has 3 aliphatic heterocycles. The van der Waals surface area contributed by atoms with E-state index in [9.17, 15) is 19.2 Å². The molecule has 4 rings (SSSR count). The van der Waals surface area contributed by atoms with Gasteiger partial charge in [-0.1, -0.05) is 0 Å². The summed E-state index contributed by atoms with van der Waals surface area (Å²) in [6, 6.07) is 2.66. The van der Waals surface area contributed by atoms with E-state index in [-0.39, 0.29) is 18.7 Å². The molecule has 7 nitrogen and oxygen atoms in total. The number of amides is 4. The second kappa shape index (κ2) is 5.52. The first-order valence-corrected chi connectivity index (χ1v) is 8.14. The molecule has 4 amide bonds. The molecule has 1 saturated heterocycles. The van der Waals surface area contributed by atoms with Crippen LogP contribution in [0.5, 0.6) is 0 Å². The van der Waals surface area contributed by atoms with Crippen molar-refractivity contribution in [1.82, 2.24) is 15.5 Å². The molecular weight excluding hydrogens is 310 g/mol. The number of nitrogens with one attached hydrogen (secondary N) is 2. The molecule has 2 N–H and O–H groups in total. The van der Waals surface area contributed by atoms with E-state index in [1.54, 1.807) is 12.1 Å². The summed E-state index contributed by atoms with van der Waals surface area (Å²) in [5, 5.41) is 5.50. The maximum absolute atomic E-state index is 12.7. The Morgan fingerprint density at radius 1 is 0.958 bits per heavy atom. The van der Waals surface area contributed by atoms with Crippen molar-refractivity contribution >= 4 is 23.6 Å². The fraction of sp³-hybridized carbons (Fsp3) is 0.412. The minimum absolute atomic E-state index is 0.129. The Morgan fingerprint density at radius 3 is 2.38 bits per heavy atom. The van der Waals surface area contributed by atoms with Crippen LogP contribution in [0.3, 0.4) is 0 Å². The fourth-order valence-electron chi connectivity index (χ4n) is 3.63. The molecule has 1 aromatic rings. The quantitative estimate of drug-likeness (QED) is 0.715. The van der Waals surface area contributed by atoms with Crippen molar-refractivity contribution in [1.29, 1.82) is 0 Å². The molecule has 3 heterocycles. The monoisotopic (exact) mass is 327 g/mol. The predicted molar refractivity (Wildman–Crippen MR) is 83.1 cm³/mol. The van der Waals surface area contributed by atoms with Gasteiger partial charge < -0.3 is 5.32 Å². The number of nitrogens with zero attached hydrogens (tertiary/aromatic N) is 1. The van der Waals surface area contributed by atoms with Gasteiger partial charge in [-0.05, 0) is 49.1 Å². The van der Waals surface area contributed by atoms with Crippen molar-refractivity contribution in [2.45, 2.75) is 38.3 Å². The van der Waals surface area contributed by atoms with E-state index in [0.717, 1.165) is 35.4 Å². The first-order chi connectivity index (χ1) is 11.6. The maximum atomic E-state index is 12.7. The minimum atomic E-state index is -0.909. The van der Waals surface area contributed by atoms with Gasteiger partial charge in [-0.15, -0.1) is 0 Å². The highest BCUT2D eigenvalue weighted by molar-refractivity contribution is 6.23. The zero-order valence-corrected chi connectivity index (χ0v) is 13.1. The average Bonchev–Trinajstić information content (AvgIpc) is 2.72. The summed E-state index contributed by atoms with van der Waals surface area (Å²) >= 11 is 0. The molecule has 0 radical (unpaired) electrons. The van der Waals surface area contributed by atoms with Crippen LogP contribution in [-0.2, 0) is 22.6 Å². The van der Waals surface area contributed by atoms with Gasteiger partial charge in [0.25, 0.3) is 11.8 Å². The van der Waals surface area contributed by atoms with Gasteiger partial charge in [-0.2, -0.15) is 0 Å². The Morgan fingerprint density at radius 2 is 1.67 bits per heavy atom. The van der Waals surface area contributed by atoms with Crippen LogP contribution in [0.2, 0.25) is 0 Å². The van der Waals surface area contributed by atoms with E-state index >= 15 is 0 Å². The van der Waals surface area contributed by atoms with Gasteiger partial charge in [0.2, 0.25) is 11.8 Å². The zero-order chi connectivity index (χ0) is 16.8. The number of carbonyl (C=O) groups excluding carboxylic acids is 4. The number of carbonyl (C=O) groups is 4. The smallest absolute Gasteiger partial charge is 0.262 e. The largest absolute Gasteiger partial charge is 0.313 e. The average molecular weight is 327 g/mol. The van der Waals surface area contributed by atoms with Crippen molar-refractivity contribution in [3.8, 4) is 0 Å². The Kier molecular flexibility index (Phi) is 3.45. The molecule has 1 atom stereocenters. The zero-order valence-electron chi connectivity index (χ0n) is 13.1. The standard InChI is InChI=1S/C17H17N3O4/c21-14-4-3-13(15(22)19-14)20-16(23)11-6-9-2-1-5-18-8-10(9)7-12(11)17(20)24/h6-7,13,18H,1-5,8H2,(H,19,21,22). The van der Waals surface area contributed by atoms with Crippen molar-refractivity contribution in [3.05, 3.63) is 34.4 Å². The number of fused-ring (bicyclic) bond motifs is 2. The van der Waals surface area contributed by atoms with Crippen LogP contribution in [0.1, 0.15) is 51.1 Å². The van der Waals surface area contributed by atoms with Gasteiger partial charge in [0.15, 0.2) is 0 Å². The van der Waals surface area contributed by atoms with Gasteiger partial charge in [0.1, 0.15) is 6.04 Å². The van der Waals surface area contributed by atoms with E-state index in [2.05, 4.69) is 10.6 Å². The highest BCUT2D eigenvalue weighted by Gasteiger charge is 2.44. The molecule has 0 bridgehead atoms. The summed E-state index contributed by atoms with van der Waals surface area (Å²) < 4.78 is 0. The molecule has 0 aliphatic carbocycles. The molecule has 0 spiro atoms. The third-order valence-electron chi connectivity index (χ3n) is 4.88. The summed E-state index contributed by atoms with van der Waals surface area (Å²) in [7, 11) is 0. The third-order valence-corrected chi connectivity index (χ3v) is 4.88. The van der Waals surface area contributed by atoms with Crippen LogP contribution in [0.15, 0.2) is 12.1 Å². The van der Waals surface area contributed by atoms with Crippen LogP contribution in [-0.4, -0.2) is 41.1 Å². The third kappa shape index (κ3) is 2.24. The lowest BCUT2D eigenvalue weighted by Gasteiger charge is -2.27. The van der Waals surface area contributed by atoms with E-state index < -0.39 is 23.8 Å². The Bertz CT molecular complexity index is 741. The summed E-state index contributed by atoms with van der Waals surface area (Å²) in [5.74, 6) is -1.84. The molecule has 1 unspecified atom stereocenters. The van der Waals surface area contributed by atoms with Gasteiger partial charge in [-0.25, -0.2) is 0 Å². The molecule has 1 fully saturated rings. The second-order valence-electron chi connectivity index (χ2n) is 6.39. The SMILES string of the molecule is O=C1CCC(N2C(=O)c3cc4c(cc3C2=O)CNCCC4)C(=O)N1. The summed E-state index contributed by atoms with van der Waals surface area (Å²) in [4.78, 5) is 49.8. The summed E-state index contributed by atoms with van der Waals surface area (Å²) in [5.41, 5.74) is 2.82. The molecule has 1 aromatic carbocycles. The highest BCUT2D eigenvalue weighted by atomic mass is 16.2. The molecule has 0 aromatic heterocycles. The van der Waals surface area contributed by atoms with Crippen LogP contribution >= 0.6 is 0 Å². The Hall–Kier alpha value is -2.54. The first kappa shape index (κ1) is 15.0. The normalized spacial score (nSPS) is 23.7. The van der Waals surface area contributed by atoms with Crippen molar-refractivity contribution < 1.29 is 19.2 Å². The molecule has 124 valence electrons. The Labute approximate surface area is 138 Å². The van der Waals surface area contributed by atoms with E-state index in [1.165, 1.54) is 0 Å². The van der Waals surface area contributed by atoms with Gasteiger partial charge >= 0.3 is 0 Å². The number of benzene rings is 1.